The van der Waals surface area contributed by atoms with Crippen LogP contribution in [0.1, 0.15) is 38.7 Å². The molecule has 8 heteroatoms. The summed E-state index contributed by atoms with van der Waals surface area (Å²) in [5.74, 6) is 1.35. The Balaban J connectivity index is 1.58. The number of nitrogens with zero attached hydrogens (tertiary/aromatic N) is 1. The normalized spacial score (nSPS) is 10.8. The molecule has 32 heavy (non-hydrogen) atoms. The minimum atomic E-state index is -0.102. The Labute approximate surface area is 202 Å². The first-order chi connectivity index (χ1) is 15.5. The lowest BCUT2D eigenvalue weighted by Crippen LogP contribution is -2.12. The van der Waals surface area contributed by atoms with Gasteiger partial charge in [0.2, 0.25) is 5.91 Å². The molecule has 0 aliphatic carbocycles. The number of ether oxygens (including phenoxy) is 2. The van der Waals surface area contributed by atoms with Crippen LogP contribution in [-0.4, -0.2) is 24.1 Å². The second-order valence-electron chi connectivity index (χ2n) is 7.13. The molecule has 1 N–H and O–H groups in total. The van der Waals surface area contributed by atoms with Crippen molar-refractivity contribution in [3.63, 3.8) is 0 Å². The van der Waals surface area contributed by atoms with Crippen LogP contribution in [0, 0.1) is 0 Å². The molecule has 0 aliphatic heterocycles. The summed E-state index contributed by atoms with van der Waals surface area (Å²) >= 11 is 13.6. The van der Waals surface area contributed by atoms with Crippen molar-refractivity contribution in [2.24, 2.45) is 0 Å². The number of hydrogen-bond donors (Lipinski definition) is 1. The maximum atomic E-state index is 12.5. The van der Waals surface area contributed by atoms with Gasteiger partial charge in [0, 0.05) is 22.4 Å². The number of hydrogen-bond acceptors (Lipinski definition) is 5. The summed E-state index contributed by atoms with van der Waals surface area (Å²) in [7, 11) is 0. The number of carbonyl (C=O) groups excluding carboxylic acids is 1. The zero-order chi connectivity index (χ0) is 22.9. The van der Waals surface area contributed by atoms with Gasteiger partial charge in [0.05, 0.1) is 23.9 Å². The van der Waals surface area contributed by atoms with Crippen molar-refractivity contribution < 1.29 is 14.3 Å². The van der Waals surface area contributed by atoms with Gasteiger partial charge in [-0.3, -0.25) is 4.79 Å². The van der Waals surface area contributed by atoms with Gasteiger partial charge in [-0.1, -0.05) is 42.6 Å². The molecular formula is C24H26Cl2N2O3S. The molecule has 3 aromatic rings. The lowest BCUT2D eigenvalue weighted by molar-refractivity contribution is -0.116. The molecule has 0 spiro atoms. The molecule has 0 fully saturated rings. The number of aryl methyl sites for hydroxylation is 1. The molecule has 0 radical (unpaired) electrons. The Morgan fingerprint density at radius 1 is 1.09 bits per heavy atom. The third kappa shape index (κ3) is 6.86. The van der Waals surface area contributed by atoms with Crippen molar-refractivity contribution in [2.75, 3.05) is 18.5 Å². The number of carbonyl (C=O) groups is 1. The van der Waals surface area contributed by atoms with Gasteiger partial charge in [-0.25, -0.2) is 4.98 Å². The standard InChI is InChI=1S/C24H26Cl2N2O3S/c1-3-5-12-31-21-10-6-16(13-22(21)30-4-2)7-11-23(29)28-24-27-20(15-32-24)18-9-8-17(25)14-19(18)26/h6,8-10,13-15H,3-5,7,11-12H2,1-2H3,(H,27,28,29). The zero-order valence-corrected chi connectivity index (χ0v) is 20.4. The minimum Gasteiger partial charge on any atom is -0.490 e. The molecule has 1 aromatic heterocycles. The van der Waals surface area contributed by atoms with Gasteiger partial charge < -0.3 is 14.8 Å². The number of amides is 1. The fraction of sp³-hybridized carbons (Fsp3) is 0.333. The van der Waals surface area contributed by atoms with Crippen LogP contribution in [0.3, 0.4) is 0 Å². The van der Waals surface area contributed by atoms with Crippen LogP contribution >= 0.6 is 34.5 Å². The van der Waals surface area contributed by atoms with E-state index in [-0.39, 0.29) is 5.91 Å². The molecule has 1 heterocycles. The van der Waals surface area contributed by atoms with E-state index >= 15 is 0 Å². The number of unbranched alkanes of at least 4 members (excludes halogenated alkanes) is 1. The summed E-state index contributed by atoms with van der Waals surface area (Å²) in [5.41, 5.74) is 2.49. The first-order valence-electron chi connectivity index (χ1n) is 10.6. The van der Waals surface area contributed by atoms with Crippen LogP contribution in [0.5, 0.6) is 11.5 Å². The predicted octanol–water partition coefficient (Wildman–Crippen LogP) is 7.27. The number of nitrogens with one attached hydrogen (secondary N) is 1. The lowest BCUT2D eigenvalue weighted by Gasteiger charge is -2.13. The van der Waals surface area contributed by atoms with Gasteiger partial charge in [-0.05, 0) is 55.7 Å². The number of halogens is 2. The summed E-state index contributed by atoms with van der Waals surface area (Å²) in [6.07, 6.45) is 2.99. The van der Waals surface area contributed by atoms with E-state index in [4.69, 9.17) is 32.7 Å². The number of aromatic nitrogens is 1. The number of anilines is 1. The topological polar surface area (TPSA) is 60.5 Å². The molecule has 0 aliphatic rings. The van der Waals surface area contributed by atoms with Crippen molar-refractivity contribution >= 4 is 45.6 Å². The Bertz CT molecular complexity index is 1060. The van der Waals surface area contributed by atoms with Gasteiger partial charge >= 0.3 is 0 Å². The fourth-order valence-electron chi connectivity index (χ4n) is 3.01. The van der Waals surface area contributed by atoms with E-state index in [1.807, 2.05) is 36.6 Å². The molecule has 0 bridgehead atoms. The Hall–Kier alpha value is -2.28. The van der Waals surface area contributed by atoms with Gasteiger partial charge in [0.15, 0.2) is 16.6 Å². The van der Waals surface area contributed by atoms with Crippen LogP contribution < -0.4 is 14.8 Å². The number of rotatable bonds is 11. The largest absolute Gasteiger partial charge is 0.490 e. The molecule has 2 aromatic carbocycles. The fourth-order valence-corrected chi connectivity index (χ4v) is 4.25. The van der Waals surface area contributed by atoms with Crippen LogP contribution in [0.2, 0.25) is 10.0 Å². The van der Waals surface area contributed by atoms with Gasteiger partial charge in [-0.2, -0.15) is 0 Å². The van der Waals surface area contributed by atoms with E-state index in [9.17, 15) is 4.79 Å². The van der Waals surface area contributed by atoms with Crippen LogP contribution in [0.4, 0.5) is 5.13 Å². The SMILES string of the molecule is CCCCOc1ccc(CCC(=O)Nc2nc(-c3ccc(Cl)cc3Cl)cs2)cc1OCC. The molecular weight excluding hydrogens is 467 g/mol. The summed E-state index contributed by atoms with van der Waals surface area (Å²) in [6, 6.07) is 11.1. The molecule has 0 atom stereocenters. The van der Waals surface area contributed by atoms with Crippen LogP contribution in [0.25, 0.3) is 11.3 Å². The highest BCUT2D eigenvalue weighted by Crippen LogP contribution is 2.32. The monoisotopic (exact) mass is 492 g/mol. The highest BCUT2D eigenvalue weighted by molar-refractivity contribution is 7.14. The van der Waals surface area contributed by atoms with Crippen molar-refractivity contribution in [2.45, 2.75) is 39.5 Å². The Morgan fingerprint density at radius 2 is 1.94 bits per heavy atom. The first kappa shape index (κ1) is 24.4. The highest BCUT2D eigenvalue weighted by atomic mass is 35.5. The maximum Gasteiger partial charge on any atom is 0.226 e. The number of thiazole rings is 1. The van der Waals surface area contributed by atoms with Gasteiger partial charge in [-0.15, -0.1) is 11.3 Å². The predicted molar refractivity (Wildman–Crippen MR) is 133 cm³/mol. The van der Waals surface area contributed by atoms with E-state index in [0.29, 0.717) is 52.7 Å². The van der Waals surface area contributed by atoms with Crippen molar-refractivity contribution in [3.8, 4) is 22.8 Å². The van der Waals surface area contributed by atoms with E-state index in [0.717, 1.165) is 29.7 Å². The molecule has 1 amide bonds. The quantitative estimate of drug-likeness (QED) is 0.286. The van der Waals surface area contributed by atoms with Crippen molar-refractivity contribution in [3.05, 3.63) is 57.4 Å². The summed E-state index contributed by atoms with van der Waals surface area (Å²) in [6.45, 7) is 5.28. The van der Waals surface area contributed by atoms with Crippen LogP contribution in [-0.2, 0) is 11.2 Å². The van der Waals surface area contributed by atoms with E-state index in [1.54, 1.807) is 12.1 Å². The molecule has 170 valence electrons. The molecule has 3 rings (SSSR count). The minimum absolute atomic E-state index is 0.102. The van der Waals surface area contributed by atoms with E-state index in [2.05, 4.69) is 17.2 Å². The molecule has 0 unspecified atom stereocenters. The average Bonchev–Trinajstić information content (AvgIpc) is 3.22. The summed E-state index contributed by atoms with van der Waals surface area (Å²) in [5, 5.41) is 6.34. The molecule has 0 saturated heterocycles. The Kier molecular flexibility index (Phi) is 9.21. The zero-order valence-electron chi connectivity index (χ0n) is 18.1. The third-order valence-corrected chi connectivity index (χ3v) is 5.97. The summed E-state index contributed by atoms with van der Waals surface area (Å²) in [4.78, 5) is 16.9. The van der Waals surface area contributed by atoms with Gasteiger partial charge in [0.1, 0.15) is 0 Å². The maximum absolute atomic E-state index is 12.5. The summed E-state index contributed by atoms with van der Waals surface area (Å²) < 4.78 is 11.5. The van der Waals surface area contributed by atoms with Crippen molar-refractivity contribution in [1.29, 1.82) is 0 Å². The van der Waals surface area contributed by atoms with Crippen molar-refractivity contribution in [1.82, 2.24) is 4.98 Å². The van der Waals surface area contributed by atoms with Crippen LogP contribution in [0.15, 0.2) is 41.8 Å². The second kappa shape index (κ2) is 12.1. The van der Waals surface area contributed by atoms with Gasteiger partial charge in [0.25, 0.3) is 0 Å². The third-order valence-electron chi connectivity index (χ3n) is 4.66. The first-order valence-corrected chi connectivity index (χ1v) is 12.2. The number of benzene rings is 2. The van der Waals surface area contributed by atoms with E-state index < -0.39 is 0 Å². The average molecular weight is 493 g/mol. The highest BCUT2D eigenvalue weighted by Gasteiger charge is 2.12. The Morgan fingerprint density at radius 3 is 2.69 bits per heavy atom. The lowest BCUT2D eigenvalue weighted by atomic mass is 10.1. The molecule has 5 nitrogen and oxygen atoms in total. The van der Waals surface area contributed by atoms with E-state index in [1.165, 1.54) is 11.3 Å². The second-order valence-corrected chi connectivity index (χ2v) is 8.83. The molecule has 0 saturated carbocycles. The smallest absolute Gasteiger partial charge is 0.226 e.